The number of ether oxygens (including phenoxy) is 1. The van der Waals surface area contributed by atoms with Gasteiger partial charge in [-0.3, -0.25) is 14.4 Å². The summed E-state index contributed by atoms with van der Waals surface area (Å²) in [5.41, 5.74) is 0. The molecule has 0 saturated carbocycles. The SMILES string of the molecule is CC/C=C\C/C=C\C/C=C\C/C=C\C/C=C\C/C=C\CCC(=O)OC(CCCCCC)CCCCCCC(=O)NCC(=O)O. The Kier molecular flexibility index (Phi) is 30.4. The van der Waals surface area contributed by atoms with Crippen LogP contribution in [0, 0.1) is 0 Å². The summed E-state index contributed by atoms with van der Waals surface area (Å²) in [4.78, 5) is 34.6. The van der Waals surface area contributed by atoms with Gasteiger partial charge in [0.05, 0.1) is 0 Å². The number of hydrogen-bond acceptors (Lipinski definition) is 4. The van der Waals surface area contributed by atoms with Crippen LogP contribution in [0.15, 0.2) is 72.9 Å². The highest BCUT2D eigenvalue weighted by Gasteiger charge is 2.14. The topological polar surface area (TPSA) is 92.7 Å². The Morgan fingerprint density at radius 1 is 0.614 bits per heavy atom. The minimum absolute atomic E-state index is 0.0384. The molecule has 0 rings (SSSR count). The van der Waals surface area contributed by atoms with Crippen molar-refractivity contribution in [2.24, 2.45) is 0 Å². The minimum atomic E-state index is -1.03. The summed E-state index contributed by atoms with van der Waals surface area (Å²) in [6, 6.07) is 0. The number of carboxylic acid groups (broad SMARTS) is 1. The number of carbonyl (C=O) groups is 3. The highest BCUT2D eigenvalue weighted by molar-refractivity contribution is 5.80. The van der Waals surface area contributed by atoms with Crippen LogP contribution in [0.2, 0.25) is 0 Å². The molecule has 1 amide bonds. The van der Waals surface area contributed by atoms with Gasteiger partial charge in [-0.05, 0) is 77.0 Å². The molecule has 0 bridgehead atoms. The molecule has 0 saturated heterocycles. The Hall–Kier alpha value is -3.15. The van der Waals surface area contributed by atoms with E-state index < -0.39 is 5.97 Å². The molecule has 0 fully saturated rings. The largest absolute Gasteiger partial charge is 0.480 e. The van der Waals surface area contributed by atoms with Gasteiger partial charge in [0.15, 0.2) is 0 Å². The molecule has 1 atom stereocenters. The maximum atomic E-state index is 12.5. The lowest BCUT2D eigenvalue weighted by molar-refractivity contribution is -0.149. The molecule has 2 N–H and O–H groups in total. The summed E-state index contributed by atoms with van der Waals surface area (Å²) in [5.74, 6) is -1.38. The molecule has 0 aromatic heterocycles. The quantitative estimate of drug-likeness (QED) is 0.0499. The van der Waals surface area contributed by atoms with Crippen LogP contribution in [0.25, 0.3) is 0 Å². The lowest BCUT2D eigenvalue weighted by Gasteiger charge is -2.18. The van der Waals surface area contributed by atoms with Gasteiger partial charge in [0.25, 0.3) is 0 Å². The van der Waals surface area contributed by atoms with Gasteiger partial charge in [-0.1, -0.05) is 119 Å². The van der Waals surface area contributed by atoms with Crippen molar-refractivity contribution >= 4 is 17.8 Å². The Morgan fingerprint density at radius 2 is 1.09 bits per heavy atom. The average Bonchev–Trinajstić information content (AvgIpc) is 3.00. The van der Waals surface area contributed by atoms with Crippen molar-refractivity contribution in [2.75, 3.05) is 6.54 Å². The molecule has 6 nitrogen and oxygen atoms in total. The fraction of sp³-hybridized carbons (Fsp3) is 0.605. The van der Waals surface area contributed by atoms with Crippen LogP contribution in [-0.4, -0.2) is 35.6 Å². The summed E-state index contributed by atoms with van der Waals surface area (Å²) in [6.07, 6.45) is 43.3. The number of unbranched alkanes of at least 4 members (excludes halogenated alkanes) is 6. The van der Waals surface area contributed by atoms with E-state index in [1.54, 1.807) is 0 Å². The molecule has 0 radical (unpaired) electrons. The molecule has 1 unspecified atom stereocenters. The first-order valence-corrected chi connectivity index (χ1v) is 17.1. The number of carboxylic acids is 1. The smallest absolute Gasteiger partial charge is 0.322 e. The Bertz CT molecular complexity index is 897. The molecule has 0 aromatic carbocycles. The van der Waals surface area contributed by atoms with Crippen molar-refractivity contribution in [2.45, 2.75) is 142 Å². The van der Waals surface area contributed by atoms with E-state index in [0.717, 1.165) is 89.9 Å². The predicted molar refractivity (Wildman–Crippen MR) is 184 cm³/mol. The lowest BCUT2D eigenvalue weighted by atomic mass is 10.0. The molecular weight excluding hydrogens is 550 g/mol. The van der Waals surface area contributed by atoms with Gasteiger partial charge < -0.3 is 15.2 Å². The molecule has 0 spiro atoms. The number of esters is 1. The van der Waals surface area contributed by atoms with Crippen molar-refractivity contribution in [3.8, 4) is 0 Å². The maximum Gasteiger partial charge on any atom is 0.322 e. The van der Waals surface area contributed by atoms with E-state index in [9.17, 15) is 14.4 Å². The summed E-state index contributed by atoms with van der Waals surface area (Å²) in [6.45, 7) is 4.01. The monoisotopic (exact) mass is 611 g/mol. The van der Waals surface area contributed by atoms with Crippen molar-refractivity contribution in [1.29, 1.82) is 0 Å². The molecule has 6 heteroatoms. The first-order valence-electron chi connectivity index (χ1n) is 17.1. The zero-order valence-corrected chi connectivity index (χ0v) is 27.7. The number of carbonyl (C=O) groups excluding carboxylic acids is 2. The van der Waals surface area contributed by atoms with Gasteiger partial charge in [0, 0.05) is 12.8 Å². The van der Waals surface area contributed by atoms with Crippen molar-refractivity contribution < 1.29 is 24.2 Å². The van der Waals surface area contributed by atoms with E-state index in [1.807, 2.05) is 0 Å². The fourth-order valence-electron chi connectivity index (χ4n) is 4.42. The Labute approximate surface area is 268 Å². The molecule has 44 heavy (non-hydrogen) atoms. The molecule has 0 aliphatic carbocycles. The second kappa shape index (κ2) is 32.8. The van der Waals surface area contributed by atoms with E-state index >= 15 is 0 Å². The highest BCUT2D eigenvalue weighted by Crippen LogP contribution is 2.17. The maximum absolute atomic E-state index is 12.5. The van der Waals surface area contributed by atoms with E-state index in [1.165, 1.54) is 12.8 Å². The van der Waals surface area contributed by atoms with E-state index in [2.05, 4.69) is 92.1 Å². The first-order chi connectivity index (χ1) is 21.5. The van der Waals surface area contributed by atoms with Crippen molar-refractivity contribution in [1.82, 2.24) is 5.32 Å². The molecular formula is C38H61NO5. The van der Waals surface area contributed by atoms with Gasteiger partial charge >= 0.3 is 11.9 Å². The Morgan fingerprint density at radius 3 is 1.59 bits per heavy atom. The summed E-state index contributed by atoms with van der Waals surface area (Å²) >= 11 is 0. The number of rotatable bonds is 29. The Balaban J connectivity index is 4.09. The van der Waals surface area contributed by atoms with Gasteiger partial charge in [-0.15, -0.1) is 0 Å². The zero-order chi connectivity index (χ0) is 32.4. The summed E-state index contributed by atoms with van der Waals surface area (Å²) in [5, 5.41) is 11.0. The summed E-state index contributed by atoms with van der Waals surface area (Å²) < 4.78 is 5.84. The van der Waals surface area contributed by atoms with Gasteiger partial charge in [-0.2, -0.15) is 0 Å². The van der Waals surface area contributed by atoms with Crippen molar-refractivity contribution in [3.05, 3.63) is 72.9 Å². The first kappa shape index (κ1) is 40.9. The predicted octanol–water partition coefficient (Wildman–Crippen LogP) is 9.89. The van der Waals surface area contributed by atoms with Crippen LogP contribution < -0.4 is 5.32 Å². The highest BCUT2D eigenvalue weighted by atomic mass is 16.5. The number of nitrogens with one attached hydrogen (secondary N) is 1. The van der Waals surface area contributed by atoms with Crippen LogP contribution >= 0.6 is 0 Å². The second-order valence-corrected chi connectivity index (χ2v) is 11.0. The van der Waals surface area contributed by atoms with Gasteiger partial charge in [0.2, 0.25) is 5.91 Å². The van der Waals surface area contributed by atoms with Crippen LogP contribution in [0.1, 0.15) is 136 Å². The zero-order valence-electron chi connectivity index (χ0n) is 27.7. The van der Waals surface area contributed by atoms with E-state index in [-0.39, 0.29) is 24.5 Å². The lowest BCUT2D eigenvalue weighted by Crippen LogP contribution is -2.28. The molecule has 0 aromatic rings. The standard InChI is InChI=1S/C38H61NO5/c1-3-5-7-9-10-11-12-13-14-15-16-17-18-19-20-21-22-23-29-33-38(43)44-35(30-26-8-6-4-2)31-27-24-25-28-32-36(40)39-34-37(41)42/h5,7,10-11,13-14,16-17,19-20,22-23,35H,3-4,6,8-9,12,15,18,21,24-34H2,1-2H3,(H,39,40)(H,41,42)/b7-5-,11-10-,14-13-,17-16-,20-19-,23-22-. The van der Waals surface area contributed by atoms with E-state index in [0.29, 0.717) is 19.3 Å². The third-order valence-electron chi connectivity index (χ3n) is 6.91. The normalized spacial score (nSPS) is 13.0. The number of aliphatic carboxylic acids is 1. The molecule has 248 valence electrons. The number of allylic oxidation sites excluding steroid dienone is 12. The van der Waals surface area contributed by atoms with Crippen LogP contribution in [-0.2, 0) is 19.1 Å². The fourth-order valence-corrected chi connectivity index (χ4v) is 4.42. The van der Waals surface area contributed by atoms with Crippen LogP contribution in [0.5, 0.6) is 0 Å². The van der Waals surface area contributed by atoms with Crippen LogP contribution in [0.3, 0.4) is 0 Å². The summed E-state index contributed by atoms with van der Waals surface area (Å²) in [7, 11) is 0. The van der Waals surface area contributed by atoms with Gasteiger partial charge in [0.1, 0.15) is 12.6 Å². The number of hydrogen-bond donors (Lipinski definition) is 2. The second-order valence-electron chi connectivity index (χ2n) is 11.0. The number of amides is 1. The van der Waals surface area contributed by atoms with Crippen molar-refractivity contribution in [3.63, 3.8) is 0 Å². The van der Waals surface area contributed by atoms with E-state index in [4.69, 9.17) is 9.84 Å². The third kappa shape index (κ3) is 31.8. The van der Waals surface area contributed by atoms with Gasteiger partial charge in [-0.25, -0.2) is 0 Å². The molecule has 0 heterocycles. The average molecular weight is 612 g/mol. The minimum Gasteiger partial charge on any atom is -0.480 e. The molecule has 0 aliphatic heterocycles. The molecule has 0 aliphatic rings. The third-order valence-corrected chi connectivity index (χ3v) is 6.91. The van der Waals surface area contributed by atoms with Crippen LogP contribution in [0.4, 0.5) is 0 Å².